The van der Waals surface area contributed by atoms with Crippen molar-refractivity contribution in [3.05, 3.63) is 34.8 Å². The Morgan fingerprint density at radius 3 is 2.94 bits per heavy atom. The molecule has 0 aliphatic carbocycles. The molecule has 0 radical (unpaired) electrons. The molecule has 2 aromatic heterocycles. The van der Waals surface area contributed by atoms with Crippen LogP contribution in [-0.2, 0) is 13.0 Å². The molecular weight excluding hydrogens is 237 g/mol. The minimum atomic E-state index is -0.340. The van der Waals surface area contributed by atoms with Gasteiger partial charge >= 0.3 is 0 Å². The summed E-state index contributed by atoms with van der Waals surface area (Å²) in [5.74, 6) is -0.340. The summed E-state index contributed by atoms with van der Waals surface area (Å²) in [5, 5.41) is 0.689. The summed E-state index contributed by atoms with van der Waals surface area (Å²) in [4.78, 5) is 9.25. The van der Waals surface area contributed by atoms with Crippen LogP contribution >= 0.6 is 11.3 Å². The SMILES string of the molecule is CCCc1nc(-c2ccncc2F)sc1CN. The lowest BCUT2D eigenvalue weighted by Crippen LogP contribution is -1.97. The van der Waals surface area contributed by atoms with E-state index in [2.05, 4.69) is 16.9 Å². The first-order valence-electron chi connectivity index (χ1n) is 5.54. The summed E-state index contributed by atoms with van der Waals surface area (Å²) in [6.45, 7) is 2.55. The molecule has 2 rings (SSSR count). The van der Waals surface area contributed by atoms with Gasteiger partial charge in [0.1, 0.15) is 5.01 Å². The first-order valence-corrected chi connectivity index (χ1v) is 6.36. The van der Waals surface area contributed by atoms with Crippen molar-refractivity contribution in [1.82, 2.24) is 9.97 Å². The van der Waals surface area contributed by atoms with E-state index in [9.17, 15) is 4.39 Å². The number of halogens is 1. The summed E-state index contributed by atoms with van der Waals surface area (Å²) in [6, 6.07) is 1.64. The molecule has 0 saturated carbocycles. The Morgan fingerprint density at radius 2 is 2.29 bits per heavy atom. The van der Waals surface area contributed by atoms with Crippen LogP contribution in [0.3, 0.4) is 0 Å². The van der Waals surface area contributed by atoms with Gasteiger partial charge in [0.25, 0.3) is 0 Å². The molecule has 0 atom stereocenters. The van der Waals surface area contributed by atoms with Crippen LogP contribution in [-0.4, -0.2) is 9.97 Å². The lowest BCUT2D eigenvalue weighted by Gasteiger charge is -1.96. The van der Waals surface area contributed by atoms with Crippen molar-refractivity contribution in [2.24, 2.45) is 5.73 Å². The monoisotopic (exact) mass is 251 g/mol. The van der Waals surface area contributed by atoms with Crippen LogP contribution < -0.4 is 5.73 Å². The average Bonchev–Trinajstić information content (AvgIpc) is 2.73. The maximum atomic E-state index is 13.6. The molecule has 0 aliphatic heterocycles. The molecule has 0 spiro atoms. The first kappa shape index (κ1) is 12.1. The molecule has 0 unspecified atom stereocenters. The second kappa shape index (κ2) is 5.33. The highest BCUT2D eigenvalue weighted by Crippen LogP contribution is 2.29. The van der Waals surface area contributed by atoms with Crippen molar-refractivity contribution in [3.63, 3.8) is 0 Å². The minimum absolute atomic E-state index is 0.340. The van der Waals surface area contributed by atoms with Crippen LogP contribution in [0.25, 0.3) is 10.6 Å². The van der Waals surface area contributed by atoms with Gasteiger partial charge < -0.3 is 5.73 Å². The van der Waals surface area contributed by atoms with Crippen molar-refractivity contribution >= 4 is 11.3 Å². The van der Waals surface area contributed by atoms with Gasteiger partial charge in [0.2, 0.25) is 0 Å². The number of pyridine rings is 1. The maximum absolute atomic E-state index is 13.6. The Kier molecular flexibility index (Phi) is 3.81. The summed E-state index contributed by atoms with van der Waals surface area (Å²) < 4.78 is 13.6. The van der Waals surface area contributed by atoms with Crippen molar-refractivity contribution in [2.75, 3.05) is 0 Å². The Morgan fingerprint density at radius 1 is 1.47 bits per heavy atom. The van der Waals surface area contributed by atoms with Gasteiger partial charge in [-0.15, -0.1) is 11.3 Å². The molecule has 2 aromatic rings. The van der Waals surface area contributed by atoms with Crippen LogP contribution in [0.4, 0.5) is 4.39 Å². The van der Waals surface area contributed by atoms with Gasteiger partial charge in [0.15, 0.2) is 5.82 Å². The molecule has 0 saturated heterocycles. The predicted molar refractivity (Wildman–Crippen MR) is 67.2 cm³/mol. The van der Waals surface area contributed by atoms with E-state index >= 15 is 0 Å². The highest BCUT2D eigenvalue weighted by molar-refractivity contribution is 7.15. The van der Waals surface area contributed by atoms with Crippen molar-refractivity contribution in [2.45, 2.75) is 26.3 Å². The third-order valence-electron chi connectivity index (χ3n) is 2.45. The highest BCUT2D eigenvalue weighted by Gasteiger charge is 2.13. The van der Waals surface area contributed by atoms with Gasteiger partial charge in [0, 0.05) is 23.2 Å². The van der Waals surface area contributed by atoms with Crippen molar-refractivity contribution in [1.29, 1.82) is 0 Å². The van der Waals surface area contributed by atoms with Crippen molar-refractivity contribution < 1.29 is 4.39 Å². The van der Waals surface area contributed by atoms with Gasteiger partial charge in [-0.25, -0.2) is 9.37 Å². The Labute approximate surface area is 104 Å². The topological polar surface area (TPSA) is 51.8 Å². The van der Waals surface area contributed by atoms with Gasteiger partial charge in [-0.3, -0.25) is 4.98 Å². The van der Waals surface area contributed by atoms with E-state index < -0.39 is 0 Å². The van der Waals surface area contributed by atoms with Crippen LogP contribution in [0.1, 0.15) is 23.9 Å². The molecule has 0 aliphatic rings. The molecule has 2 N–H and O–H groups in total. The normalized spacial score (nSPS) is 10.8. The Balaban J connectivity index is 2.43. The number of rotatable bonds is 4. The fraction of sp³-hybridized carbons (Fsp3) is 0.333. The number of nitrogens with zero attached hydrogens (tertiary/aromatic N) is 2. The Bertz CT molecular complexity index is 510. The second-order valence-electron chi connectivity index (χ2n) is 3.70. The van der Waals surface area contributed by atoms with E-state index in [1.54, 1.807) is 12.3 Å². The second-order valence-corrected chi connectivity index (χ2v) is 4.78. The summed E-state index contributed by atoms with van der Waals surface area (Å²) in [5.41, 5.74) is 7.17. The number of hydrogen-bond donors (Lipinski definition) is 1. The molecule has 2 heterocycles. The average molecular weight is 251 g/mol. The zero-order valence-corrected chi connectivity index (χ0v) is 10.4. The van der Waals surface area contributed by atoms with E-state index in [-0.39, 0.29) is 5.82 Å². The lowest BCUT2D eigenvalue weighted by molar-refractivity contribution is 0.625. The number of thiazole rings is 1. The summed E-state index contributed by atoms with van der Waals surface area (Å²) in [6.07, 6.45) is 4.67. The van der Waals surface area contributed by atoms with E-state index in [4.69, 9.17) is 5.73 Å². The number of hydrogen-bond acceptors (Lipinski definition) is 4. The van der Waals surface area contributed by atoms with E-state index in [0.717, 1.165) is 23.4 Å². The van der Waals surface area contributed by atoms with E-state index in [0.29, 0.717) is 17.1 Å². The van der Waals surface area contributed by atoms with Crippen LogP contribution in [0, 0.1) is 5.82 Å². The largest absolute Gasteiger partial charge is 0.326 e. The molecule has 0 amide bonds. The Hall–Kier alpha value is -1.33. The zero-order valence-electron chi connectivity index (χ0n) is 9.61. The highest BCUT2D eigenvalue weighted by atomic mass is 32.1. The van der Waals surface area contributed by atoms with Gasteiger partial charge in [0.05, 0.1) is 11.9 Å². The number of nitrogens with two attached hydrogens (primary N) is 1. The molecule has 17 heavy (non-hydrogen) atoms. The van der Waals surface area contributed by atoms with Gasteiger partial charge in [-0.1, -0.05) is 13.3 Å². The number of aromatic nitrogens is 2. The van der Waals surface area contributed by atoms with E-state index in [1.165, 1.54) is 17.5 Å². The first-order chi connectivity index (χ1) is 8.26. The van der Waals surface area contributed by atoms with Gasteiger partial charge in [-0.2, -0.15) is 0 Å². The minimum Gasteiger partial charge on any atom is -0.326 e. The molecular formula is C12H14FN3S. The summed E-state index contributed by atoms with van der Waals surface area (Å²) >= 11 is 1.46. The third-order valence-corrected chi connectivity index (χ3v) is 3.61. The van der Waals surface area contributed by atoms with Crippen LogP contribution in [0.2, 0.25) is 0 Å². The smallest absolute Gasteiger partial charge is 0.151 e. The number of aryl methyl sites for hydroxylation is 1. The molecule has 0 aromatic carbocycles. The zero-order chi connectivity index (χ0) is 12.3. The lowest BCUT2D eigenvalue weighted by atomic mass is 10.2. The molecule has 3 nitrogen and oxygen atoms in total. The fourth-order valence-electron chi connectivity index (χ4n) is 1.64. The quantitative estimate of drug-likeness (QED) is 0.909. The maximum Gasteiger partial charge on any atom is 0.151 e. The summed E-state index contributed by atoms with van der Waals surface area (Å²) in [7, 11) is 0. The van der Waals surface area contributed by atoms with Crippen LogP contribution in [0.15, 0.2) is 18.5 Å². The standard InChI is InChI=1S/C12H14FN3S/c1-2-3-10-11(6-14)17-12(16-10)8-4-5-15-7-9(8)13/h4-5,7H,2-3,6,14H2,1H3. The van der Waals surface area contributed by atoms with Gasteiger partial charge in [-0.05, 0) is 12.5 Å². The van der Waals surface area contributed by atoms with Crippen molar-refractivity contribution in [3.8, 4) is 10.6 Å². The molecule has 5 heteroatoms. The molecule has 90 valence electrons. The fourth-order valence-corrected chi connectivity index (χ4v) is 2.65. The third kappa shape index (κ3) is 2.50. The van der Waals surface area contributed by atoms with Crippen LogP contribution in [0.5, 0.6) is 0 Å². The predicted octanol–water partition coefficient (Wildman–Crippen LogP) is 2.76. The molecule has 0 fully saturated rings. The van der Waals surface area contributed by atoms with E-state index in [1.807, 2.05) is 0 Å². The molecule has 0 bridgehead atoms.